The third kappa shape index (κ3) is 2.74. The summed E-state index contributed by atoms with van der Waals surface area (Å²) < 4.78 is 16.9. The maximum atomic E-state index is 13.2. The van der Waals surface area contributed by atoms with Gasteiger partial charge in [0.1, 0.15) is 10.7 Å². The minimum Gasteiger partial charge on any atom is -0.376 e. The number of amides is 1. The van der Waals surface area contributed by atoms with Gasteiger partial charge < -0.3 is 5.73 Å². The fraction of sp³-hybridized carbons (Fsp3) is 0.0909. The van der Waals surface area contributed by atoms with Gasteiger partial charge in [0.2, 0.25) is 0 Å². The first kappa shape index (κ1) is 13.5. The van der Waals surface area contributed by atoms with Crippen LogP contribution in [-0.2, 0) is 0 Å². The molecule has 1 amide bonds. The Morgan fingerprint density at radius 1 is 1.53 bits per heavy atom. The molecule has 2 N–H and O–H groups in total. The number of carbonyl (C=O) groups excluding carboxylic acids is 1. The first-order chi connectivity index (χ1) is 9.00. The molecule has 0 fully saturated rings. The van der Waals surface area contributed by atoms with E-state index in [4.69, 9.17) is 18.0 Å². The number of nitrogens with two attached hydrogens (primary N) is 1. The van der Waals surface area contributed by atoms with E-state index in [9.17, 15) is 9.18 Å². The van der Waals surface area contributed by atoms with Crippen molar-refractivity contribution in [1.29, 1.82) is 0 Å². The average molecular weight is 296 g/mol. The van der Waals surface area contributed by atoms with Crippen LogP contribution in [0.5, 0.6) is 0 Å². The molecule has 1 aromatic heterocycles. The van der Waals surface area contributed by atoms with Crippen LogP contribution in [0, 0.1) is 12.7 Å². The third-order valence-corrected chi connectivity index (χ3v) is 3.33. The number of carbonyl (C=O) groups is 1. The largest absolute Gasteiger partial charge is 0.376 e. The van der Waals surface area contributed by atoms with E-state index in [0.717, 1.165) is 16.4 Å². The van der Waals surface area contributed by atoms with Crippen LogP contribution in [-0.4, -0.2) is 20.6 Å². The molecule has 5 nitrogen and oxygen atoms in total. The van der Waals surface area contributed by atoms with Gasteiger partial charge in [-0.15, -0.1) is 5.10 Å². The molecule has 0 aliphatic rings. The second-order valence-corrected chi connectivity index (χ2v) is 4.82. The molecule has 0 saturated carbocycles. The monoisotopic (exact) mass is 296 g/mol. The molecule has 0 saturated heterocycles. The standard InChI is InChI=1S/C11H9FN4OS2/c1-6-9(19-15-14-6)10(17)16(11(13)18)8-4-2-3-7(12)5-8/h2-5H,1H3,(H2,13,18). The highest BCUT2D eigenvalue weighted by Crippen LogP contribution is 2.20. The summed E-state index contributed by atoms with van der Waals surface area (Å²) in [6.07, 6.45) is 0. The number of halogens is 1. The predicted molar refractivity (Wildman–Crippen MR) is 74.6 cm³/mol. The molecule has 0 unspecified atom stereocenters. The summed E-state index contributed by atoms with van der Waals surface area (Å²) in [6, 6.07) is 5.47. The molecule has 0 spiro atoms. The Bertz CT molecular complexity index is 643. The summed E-state index contributed by atoms with van der Waals surface area (Å²) in [5.41, 5.74) is 6.30. The number of rotatable bonds is 2. The molecule has 1 heterocycles. The van der Waals surface area contributed by atoms with E-state index in [0.29, 0.717) is 10.6 Å². The second-order valence-electron chi connectivity index (χ2n) is 3.65. The topological polar surface area (TPSA) is 72.1 Å². The van der Waals surface area contributed by atoms with Crippen LogP contribution in [0.4, 0.5) is 10.1 Å². The summed E-state index contributed by atoms with van der Waals surface area (Å²) in [7, 11) is 0. The van der Waals surface area contributed by atoms with Gasteiger partial charge in [0.15, 0.2) is 5.11 Å². The molecule has 98 valence electrons. The predicted octanol–water partition coefficient (Wildman–Crippen LogP) is 1.88. The molecule has 2 rings (SSSR count). The lowest BCUT2D eigenvalue weighted by atomic mass is 10.2. The molecular weight excluding hydrogens is 287 g/mol. The van der Waals surface area contributed by atoms with E-state index >= 15 is 0 Å². The number of aromatic nitrogens is 2. The Balaban J connectivity index is 2.45. The summed E-state index contributed by atoms with van der Waals surface area (Å²) in [6.45, 7) is 1.65. The maximum absolute atomic E-state index is 13.2. The Kier molecular flexibility index (Phi) is 3.82. The zero-order valence-electron chi connectivity index (χ0n) is 9.83. The van der Waals surface area contributed by atoms with Crippen molar-refractivity contribution in [2.24, 2.45) is 5.73 Å². The van der Waals surface area contributed by atoms with Gasteiger partial charge in [0.25, 0.3) is 5.91 Å². The maximum Gasteiger partial charge on any atom is 0.278 e. The zero-order chi connectivity index (χ0) is 14.0. The fourth-order valence-corrected chi connectivity index (χ4v) is 2.26. The van der Waals surface area contributed by atoms with Crippen LogP contribution in [0.25, 0.3) is 0 Å². The first-order valence-corrected chi connectivity index (χ1v) is 6.37. The minimum absolute atomic E-state index is 0.164. The van der Waals surface area contributed by atoms with Crippen molar-refractivity contribution in [1.82, 2.24) is 9.59 Å². The number of hydrogen-bond donors (Lipinski definition) is 1. The number of thiocarbonyl (C=S) groups is 1. The van der Waals surface area contributed by atoms with Gasteiger partial charge in [-0.3, -0.25) is 9.69 Å². The van der Waals surface area contributed by atoms with Crippen molar-refractivity contribution >= 4 is 40.5 Å². The molecule has 1 aromatic carbocycles. The molecule has 0 atom stereocenters. The minimum atomic E-state index is -0.481. The molecule has 0 radical (unpaired) electrons. The quantitative estimate of drug-likeness (QED) is 0.857. The lowest BCUT2D eigenvalue weighted by molar-refractivity contribution is 0.101. The molecule has 8 heteroatoms. The Hall–Kier alpha value is -1.93. The van der Waals surface area contributed by atoms with E-state index in [-0.39, 0.29) is 10.8 Å². The molecule has 2 aromatic rings. The smallest absolute Gasteiger partial charge is 0.278 e. The van der Waals surface area contributed by atoms with Gasteiger partial charge in [-0.05, 0) is 48.9 Å². The zero-order valence-corrected chi connectivity index (χ0v) is 11.5. The SMILES string of the molecule is Cc1nnsc1C(=O)N(C(N)=S)c1cccc(F)c1. The number of anilines is 1. The second kappa shape index (κ2) is 5.37. The Morgan fingerprint density at radius 2 is 2.26 bits per heavy atom. The van der Waals surface area contributed by atoms with Crippen LogP contribution in [0.3, 0.4) is 0 Å². The normalized spacial score (nSPS) is 10.2. The van der Waals surface area contributed by atoms with Gasteiger partial charge >= 0.3 is 0 Å². The van der Waals surface area contributed by atoms with Crippen molar-refractivity contribution in [3.8, 4) is 0 Å². The molecule has 0 aliphatic heterocycles. The number of hydrogen-bond acceptors (Lipinski definition) is 5. The first-order valence-electron chi connectivity index (χ1n) is 5.19. The van der Waals surface area contributed by atoms with E-state index in [1.54, 1.807) is 13.0 Å². The number of benzene rings is 1. The van der Waals surface area contributed by atoms with Gasteiger partial charge in [-0.2, -0.15) is 0 Å². The van der Waals surface area contributed by atoms with Crippen molar-refractivity contribution < 1.29 is 9.18 Å². The van der Waals surface area contributed by atoms with E-state index < -0.39 is 11.7 Å². The van der Waals surface area contributed by atoms with Gasteiger partial charge in [-0.25, -0.2) is 4.39 Å². The lowest BCUT2D eigenvalue weighted by Gasteiger charge is -2.20. The van der Waals surface area contributed by atoms with Crippen LogP contribution in [0.1, 0.15) is 15.4 Å². The van der Waals surface area contributed by atoms with Crippen LogP contribution >= 0.6 is 23.8 Å². The Morgan fingerprint density at radius 3 is 2.79 bits per heavy atom. The number of nitrogens with zero attached hydrogens (tertiary/aromatic N) is 3. The van der Waals surface area contributed by atoms with Gasteiger partial charge in [0.05, 0.1) is 11.4 Å². The summed E-state index contributed by atoms with van der Waals surface area (Å²) in [5.74, 6) is -0.948. The summed E-state index contributed by atoms with van der Waals surface area (Å²) >= 11 is 5.80. The van der Waals surface area contributed by atoms with E-state index in [2.05, 4.69) is 9.59 Å². The molecule has 0 aliphatic carbocycles. The van der Waals surface area contributed by atoms with Gasteiger partial charge in [0, 0.05) is 0 Å². The molecule has 19 heavy (non-hydrogen) atoms. The van der Waals surface area contributed by atoms with Crippen LogP contribution < -0.4 is 10.6 Å². The van der Waals surface area contributed by atoms with E-state index in [1.807, 2.05) is 0 Å². The summed E-state index contributed by atoms with van der Waals surface area (Å²) in [4.78, 5) is 13.7. The van der Waals surface area contributed by atoms with E-state index in [1.165, 1.54) is 18.2 Å². The highest BCUT2D eigenvalue weighted by Gasteiger charge is 2.24. The highest BCUT2D eigenvalue weighted by atomic mass is 32.1. The van der Waals surface area contributed by atoms with Crippen LogP contribution in [0.2, 0.25) is 0 Å². The average Bonchev–Trinajstić information content (AvgIpc) is 2.75. The van der Waals surface area contributed by atoms with Crippen LogP contribution in [0.15, 0.2) is 24.3 Å². The lowest BCUT2D eigenvalue weighted by Crippen LogP contribution is -2.40. The third-order valence-electron chi connectivity index (χ3n) is 2.34. The molecule has 0 bridgehead atoms. The highest BCUT2D eigenvalue weighted by molar-refractivity contribution is 7.80. The van der Waals surface area contributed by atoms with Gasteiger partial charge in [-0.1, -0.05) is 10.6 Å². The van der Waals surface area contributed by atoms with Crippen molar-refractivity contribution in [3.63, 3.8) is 0 Å². The molecular formula is C11H9FN4OS2. The number of aryl methyl sites for hydroxylation is 1. The van der Waals surface area contributed by atoms with Crippen molar-refractivity contribution in [2.45, 2.75) is 6.92 Å². The van der Waals surface area contributed by atoms with Crippen molar-refractivity contribution in [2.75, 3.05) is 4.90 Å². The van der Waals surface area contributed by atoms with Crippen molar-refractivity contribution in [3.05, 3.63) is 40.7 Å². The Labute approximate surface area is 118 Å². The summed E-state index contributed by atoms with van der Waals surface area (Å²) in [5, 5.41) is 3.59. The fourth-order valence-electron chi connectivity index (χ4n) is 1.49.